The van der Waals surface area contributed by atoms with Crippen LogP contribution in [0.15, 0.2) is 36.4 Å². The molecule has 1 aliphatic rings. The first-order valence-corrected chi connectivity index (χ1v) is 8.22. The number of nitrogens with zero attached hydrogens (tertiary/aromatic N) is 2. The van der Waals surface area contributed by atoms with E-state index in [0.29, 0.717) is 6.54 Å². The van der Waals surface area contributed by atoms with Crippen molar-refractivity contribution in [1.82, 2.24) is 9.27 Å². The van der Waals surface area contributed by atoms with Crippen LogP contribution in [0.25, 0.3) is 11.3 Å². The third kappa shape index (κ3) is 3.45. The van der Waals surface area contributed by atoms with Crippen molar-refractivity contribution in [1.29, 1.82) is 0 Å². The topological polar surface area (TPSA) is 65.5 Å². The summed E-state index contributed by atoms with van der Waals surface area (Å²) >= 11 is 1.29. The Kier molecular flexibility index (Phi) is 4.70. The predicted octanol–water partition coefficient (Wildman–Crippen LogP) is 3.05. The zero-order valence-corrected chi connectivity index (χ0v) is 13.1. The number of aliphatic hydroxyl groups excluding tert-OH is 1. The monoisotopic (exact) mass is 317 g/mol. The van der Waals surface area contributed by atoms with Gasteiger partial charge < -0.3 is 10.0 Å². The Labute approximate surface area is 133 Å². The van der Waals surface area contributed by atoms with E-state index in [0.717, 1.165) is 35.6 Å². The van der Waals surface area contributed by atoms with Crippen molar-refractivity contribution >= 4 is 22.6 Å². The van der Waals surface area contributed by atoms with Gasteiger partial charge in [-0.15, -0.1) is 0 Å². The molecule has 1 saturated heterocycles. The molecule has 6 heteroatoms. The first kappa shape index (κ1) is 15.0. The van der Waals surface area contributed by atoms with Crippen molar-refractivity contribution in [2.45, 2.75) is 12.8 Å². The van der Waals surface area contributed by atoms with Gasteiger partial charge in [0.25, 0.3) is 0 Å². The fourth-order valence-corrected chi connectivity index (χ4v) is 3.31. The number of piperidine rings is 1. The molecule has 0 spiro atoms. The maximum Gasteiger partial charge on any atom is 0.322 e. The quantitative estimate of drug-likeness (QED) is 0.914. The summed E-state index contributed by atoms with van der Waals surface area (Å²) in [6.07, 6.45) is 1.93. The summed E-state index contributed by atoms with van der Waals surface area (Å²) < 4.78 is 4.38. The summed E-state index contributed by atoms with van der Waals surface area (Å²) in [5, 5.41) is 12.9. The predicted molar refractivity (Wildman–Crippen MR) is 88.0 cm³/mol. The van der Waals surface area contributed by atoms with E-state index >= 15 is 0 Å². The number of carbonyl (C=O) groups is 1. The fraction of sp³-hybridized carbons (Fsp3) is 0.375. The summed E-state index contributed by atoms with van der Waals surface area (Å²) in [4.78, 5) is 14.1. The van der Waals surface area contributed by atoms with Crippen LogP contribution in [0.1, 0.15) is 12.8 Å². The molecule has 0 saturated carbocycles. The van der Waals surface area contributed by atoms with Gasteiger partial charge in [0.1, 0.15) is 5.00 Å². The number of anilines is 1. The lowest BCUT2D eigenvalue weighted by atomic mass is 9.99. The number of aromatic nitrogens is 1. The molecular formula is C16H19N3O2S. The van der Waals surface area contributed by atoms with Gasteiger partial charge in [-0.25, -0.2) is 4.79 Å². The van der Waals surface area contributed by atoms with Crippen LogP contribution >= 0.6 is 11.5 Å². The Morgan fingerprint density at radius 1 is 1.41 bits per heavy atom. The van der Waals surface area contributed by atoms with Crippen LogP contribution < -0.4 is 5.32 Å². The summed E-state index contributed by atoms with van der Waals surface area (Å²) in [7, 11) is 0. The smallest absolute Gasteiger partial charge is 0.322 e. The van der Waals surface area contributed by atoms with Crippen molar-refractivity contribution in [2.75, 3.05) is 25.0 Å². The molecular weight excluding hydrogens is 298 g/mol. The van der Waals surface area contributed by atoms with Gasteiger partial charge in [-0.1, -0.05) is 30.3 Å². The summed E-state index contributed by atoms with van der Waals surface area (Å²) in [6, 6.07) is 11.7. The van der Waals surface area contributed by atoms with Crippen LogP contribution in [0.3, 0.4) is 0 Å². The second-order valence-electron chi connectivity index (χ2n) is 5.51. The number of urea groups is 1. The molecule has 22 heavy (non-hydrogen) atoms. The molecule has 116 valence electrons. The minimum atomic E-state index is -0.110. The molecule has 2 aromatic rings. The van der Waals surface area contributed by atoms with Gasteiger partial charge in [0.2, 0.25) is 0 Å². The van der Waals surface area contributed by atoms with E-state index in [-0.39, 0.29) is 18.6 Å². The average Bonchev–Trinajstić information content (AvgIpc) is 3.04. The third-order valence-electron chi connectivity index (χ3n) is 3.87. The van der Waals surface area contributed by atoms with Gasteiger partial charge in [-0.2, -0.15) is 4.37 Å². The maximum atomic E-state index is 12.3. The van der Waals surface area contributed by atoms with Crippen LogP contribution in [0.2, 0.25) is 0 Å². The number of amides is 2. The first-order chi connectivity index (χ1) is 10.8. The number of carbonyl (C=O) groups excluding carboxylic acids is 1. The molecule has 5 nitrogen and oxygen atoms in total. The lowest BCUT2D eigenvalue weighted by molar-refractivity contribution is 0.136. The highest BCUT2D eigenvalue weighted by Gasteiger charge is 2.23. The van der Waals surface area contributed by atoms with E-state index in [1.165, 1.54) is 11.5 Å². The van der Waals surface area contributed by atoms with E-state index in [2.05, 4.69) is 9.69 Å². The Morgan fingerprint density at radius 2 is 2.23 bits per heavy atom. The van der Waals surface area contributed by atoms with Crippen LogP contribution in [-0.4, -0.2) is 40.1 Å². The van der Waals surface area contributed by atoms with Gasteiger partial charge in [-0.3, -0.25) is 5.32 Å². The van der Waals surface area contributed by atoms with Crippen LogP contribution in [-0.2, 0) is 0 Å². The molecule has 0 bridgehead atoms. The zero-order chi connectivity index (χ0) is 15.4. The highest BCUT2D eigenvalue weighted by Crippen LogP contribution is 2.26. The molecule has 2 amide bonds. The van der Waals surface area contributed by atoms with Crippen molar-refractivity contribution in [2.24, 2.45) is 5.92 Å². The lowest BCUT2D eigenvalue weighted by Gasteiger charge is -2.31. The standard InChI is InChI=1S/C16H19N3O2S/c20-11-12-5-4-8-19(10-12)16(21)17-15-9-14(18-22-15)13-6-2-1-3-7-13/h1-3,6-7,9,12,20H,4-5,8,10-11H2,(H,17,21). The summed E-state index contributed by atoms with van der Waals surface area (Å²) in [6.45, 7) is 1.50. The van der Waals surface area contributed by atoms with Gasteiger partial charge in [0.15, 0.2) is 0 Å². The highest BCUT2D eigenvalue weighted by molar-refractivity contribution is 7.10. The fourth-order valence-electron chi connectivity index (χ4n) is 2.66. The van der Waals surface area contributed by atoms with E-state index in [9.17, 15) is 9.90 Å². The van der Waals surface area contributed by atoms with Crippen molar-refractivity contribution in [3.8, 4) is 11.3 Å². The maximum absolute atomic E-state index is 12.3. The molecule has 2 N–H and O–H groups in total. The normalized spacial score (nSPS) is 18.2. The van der Waals surface area contributed by atoms with Crippen LogP contribution in [0, 0.1) is 5.92 Å². The molecule has 3 rings (SSSR count). The summed E-state index contributed by atoms with van der Waals surface area (Å²) in [5.41, 5.74) is 1.91. The largest absolute Gasteiger partial charge is 0.396 e. The van der Waals surface area contributed by atoms with E-state index in [1.807, 2.05) is 36.4 Å². The molecule has 1 atom stereocenters. The SMILES string of the molecule is O=C(Nc1cc(-c2ccccc2)ns1)N1CCCC(CO)C1. The second-order valence-corrected chi connectivity index (χ2v) is 6.31. The van der Waals surface area contributed by atoms with Crippen molar-refractivity contribution in [3.05, 3.63) is 36.4 Å². The van der Waals surface area contributed by atoms with Gasteiger partial charge in [-0.05, 0) is 30.3 Å². The molecule has 2 heterocycles. The molecule has 1 unspecified atom stereocenters. The Balaban J connectivity index is 1.64. The second kappa shape index (κ2) is 6.89. The van der Waals surface area contributed by atoms with Crippen molar-refractivity contribution in [3.63, 3.8) is 0 Å². The first-order valence-electron chi connectivity index (χ1n) is 7.45. The van der Waals surface area contributed by atoms with Crippen LogP contribution in [0.4, 0.5) is 9.80 Å². The van der Waals surface area contributed by atoms with Gasteiger partial charge in [0.05, 0.1) is 5.69 Å². The van der Waals surface area contributed by atoms with Crippen molar-refractivity contribution < 1.29 is 9.90 Å². The number of aliphatic hydroxyl groups is 1. The highest BCUT2D eigenvalue weighted by atomic mass is 32.1. The average molecular weight is 317 g/mol. The van der Waals surface area contributed by atoms with E-state index in [4.69, 9.17) is 0 Å². The molecule has 0 radical (unpaired) electrons. The van der Waals surface area contributed by atoms with Crippen LogP contribution in [0.5, 0.6) is 0 Å². The number of hydrogen-bond acceptors (Lipinski definition) is 4. The minimum absolute atomic E-state index is 0.110. The molecule has 1 fully saturated rings. The third-order valence-corrected chi connectivity index (χ3v) is 4.58. The number of nitrogens with one attached hydrogen (secondary N) is 1. The lowest BCUT2D eigenvalue weighted by Crippen LogP contribution is -2.43. The Hall–Kier alpha value is -1.92. The molecule has 0 aliphatic carbocycles. The van der Waals surface area contributed by atoms with Gasteiger partial charge >= 0.3 is 6.03 Å². The minimum Gasteiger partial charge on any atom is -0.396 e. The molecule has 1 aliphatic heterocycles. The number of benzene rings is 1. The zero-order valence-electron chi connectivity index (χ0n) is 12.2. The van der Waals surface area contributed by atoms with E-state index < -0.39 is 0 Å². The molecule has 1 aromatic heterocycles. The molecule has 1 aromatic carbocycles. The Bertz CT molecular complexity index is 629. The number of rotatable bonds is 3. The van der Waals surface area contributed by atoms with Gasteiger partial charge in [0, 0.05) is 31.3 Å². The number of likely N-dealkylation sites (tertiary alicyclic amines) is 1. The van der Waals surface area contributed by atoms with E-state index in [1.54, 1.807) is 4.90 Å². The number of hydrogen-bond donors (Lipinski definition) is 2. The Morgan fingerprint density at radius 3 is 3.00 bits per heavy atom. The summed E-state index contributed by atoms with van der Waals surface area (Å²) in [5.74, 6) is 0.195.